The number of benzene rings is 1. The minimum atomic E-state index is -3.53. The van der Waals surface area contributed by atoms with Gasteiger partial charge in [0.1, 0.15) is 5.82 Å². The summed E-state index contributed by atoms with van der Waals surface area (Å²) in [6.07, 6.45) is 2.78. The van der Waals surface area contributed by atoms with Crippen molar-refractivity contribution in [2.75, 3.05) is 40.4 Å². The average molecular weight is 356 g/mol. The number of hydrogen-bond acceptors (Lipinski definition) is 4. The van der Waals surface area contributed by atoms with Gasteiger partial charge in [0, 0.05) is 32.8 Å². The molecule has 0 N–H and O–H groups in total. The van der Waals surface area contributed by atoms with E-state index >= 15 is 0 Å². The van der Waals surface area contributed by atoms with Gasteiger partial charge in [-0.2, -0.15) is 4.31 Å². The highest BCUT2D eigenvalue weighted by molar-refractivity contribution is 7.89. The van der Waals surface area contributed by atoms with Gasteiger partial charge in [0.25, 0.3) is 0 Å². The second-order valence-corrected chi connectivity index (χ2v) is 9.02. The maximum Gasteiger partial charge on any atom is 0.243 e. The van der Waals surface area contributed by atoms with Gasteiger partial charge < -0.3 is 9.64 Å². The van der Waals surface area contributed by atoms with E-state index in [2.05, 4.69) is 11.9 Å². The first-order valence-corrected chi connectivity index (χ1v) is 9.75. The van der Waals surface area contributed by atoms with E-state index in [0.717, 1.165) is 32.4 Å². The molecule has 2 saturated heterocycles. The van der Waals surface area contributed by atoms with Crippen molar-refractivity contribution in [1.82, 2.24) is 9.21 Å². The van der Waals surface area contributed by atoms with Gasteiger partial charge in [-0.1, -0.05) is 0 Å². The van der Waals surface area contributed by atoms with Gasteiger partial charge in [-0.25, -0.2) is 12.8 Å². The highest BCUT2D eigenvalue weighted by atomic mass is 32.2. The van der Waals surface area contributed by atoms with E-state index in [1.165, 1.54) is 28.6 Å². The zero-order valence-electron chi connectivity index (χ0n) is 14.2. The topological polar surface area (TPSA) is 49.9 Å². The Balaban J connectivity index is 1.68. The van der Waals surface area contributed by atoms with Gasteiger partial charge in [0.15, 0.2) is 0 Å². The molecule has 1 aromatic carbocycles. The summed E-state index contributed by atoms with van der Waals surface area (Å²) in [6, 6.07) is 5.48. The van der Waals surface area contributed by atoms with Crippen LogP contribution in [0.25, 0.3) is 0 Å². The molecule has 0 amide bonds. The molecule has 0 aromatic heterocycles. The Morgan fingerprint density at radius 3 is 2.46 bits per heavy atom. The number of likely N-dealkylation sites (N-methyl/N-ethyl adjacent to an activating group) is 1. The van der Waals surface area contributed by atoms with Gasteiger partial charge in [-0.3, -0.25) is 0 Å². The minimum Gasteiger partial charge on any atom is -0.383 e. The van der Waals surface area contributed by atoms with Crippen molar-refractivity contribution in [2.45, 2.75) is 30.2 Å². The van der Waals surface area contributed by atoms with Crippen molar-refractivity contribution < 1.29 is 17.5 Å². The fraction of sp³-hybridized carbons (Fsp3) is 0.647. The normalized spacial score (nSPS) is 25.4. The molecule has 2 aliphatic rings. The lowest BCUT2D eigenvalue weighted by Gasteiger charge is -2.38. The molecule has 0 saturated carbocycles. The summed E-state index contributed by atoms with van der Waals surface area (Å²) in [4.78, 5) is 2.49. The number of hydrogen-bond donors (Lipinski definition) is 0. The maximum atomic E-state index is 13.0. The lowest BCUT2D eigenvalue weighted by atomic mass is 9.77. The molecule has 1 atom stereocenters. The Morgan fingerprint density at radius 1 is 1.25 bits per heavy atom. The third kappa shape index (κ3) is 3.35. The predicted molar refractivity (Wildman–Crippen MR) is 89.7 cm³/mol. The molecule has 0 bridgehead atoms. The summed E-state index contributed by atoms with van der Waals surface area (Å²) in [5, 5.41) is 0. The molecule has 1 spiro atoms. The first-order chi connectivity index (χ1) is 11.4. The fourth-order valence-corrected chi connectivity index (χ4v) is 5.52. The number of likely N-dealkylation sites (tertiary alicyclic amines) is 1. The fourth-order valence-electron chi connectivity index (χ4n) is 4.08. The molecule has 2 fully saturated rings. The largest absolute Gasteiger partial charge is 0.383 e. The second-order valence-electron chi connectivity index (χ2n) is 7.09. The van der Waals surface area contributed by atoms with Crippen LogP contribution < -0.4 is 0 Å². The van der Waals surface area contributed by atoms with Crippen LogP contribution in [-0.4, -0.2) is 64.1 Å². The maximum absolute atomic E-state index is 13.0. The van der Waals surface area contributed by atoms with E-state index in [4.69, 9.17) is 4.74 Å². The molecule has 134 valence electrons. The molecule has 7 heteroatoms. The monoisotopic (exact) mass is 356 g/mol. The zero-order chi connectivity index (χ0) is 17.4. The Morgan fingerprint density at radius 2 is 1.88 bits per heavy atom. The lowest BCUT2D eigenvalue weighted by molar-refractivity contribution is 0.129. The van der Waals surface area contributed by atoms with Gasteiger partial charge in [0.05, 0.1) is 11.5 Å². The smallest absolute Gasteiger partial charge is 0.243 e. The van der Waals surface area contributed by atoms with Crippen LogP contribution >= 0.6 is 0 Å². The Labute approximate surface area is 143 Å². The summed E-state index contributed by atoms with van der Waals surface area (Å²) in [7, 11) is 0.296. The molecule has 1 unspecified atom stereocenters. The van der Waals surface area contributed by atoms with Gasteiger partial charge in [-0.05, 0) is 56.0 Å². The van der Waals surface area contributed by atoms with Crippen molar-refractivity contribution in [2.24, 2.45) is 5.41 Å². The molecule has 0 aliphatic carbocycles. The van der Waals surface area contributed by atoms with Crippen molar-refractivity contribution in [3.8, 4) is 0 Å². The number of ether oxygens (including phenoxy) is 1. The van der Waals surface area contributed by atoms with Gasteiger partial charge in [0.2, 0.25) is 10.0 Å². The molecule has 0 radical (unpaired) electrons. The van der Waals surface area contributed by atoms with Crippen LogP contribution in [0.3, 0.4) is 0 Å². The van der Waals surface area contributed by atoms with Crippen LogP contribution in [0.1, 0.15) is 19.3 Å². The van der Waals surface area contributed by atoms with Crippen LogP contribution in [0, 0.1) is 11.2 Å². The number of halogens is 1. The van der Waals surface area contributed by atoms with Crippen LogP contribution in [0.4, 0.5) is 4.39 Å². The molecule has 5 nitrogen and oxygen atoms in total. The van der Waals surface area contributed by atoms with Crippen LogP contribution in [0.15, 0.2) is 29.2 Å². The Hall–Kier alpha value is -1.02. The van der Waals surface area contributed by atoms with E-state index < -0.39 is 15.8 Å². The molecular formula is C17H25FN2O3S. The van der Waals surface area contributed by atoms with E-state index in [-0.39, 0.29) is 10.3 Å². The number of nitrogens with zero attached hydrogens (tertiary/aromatic N) is 2. The molecule has 2 aliphatic heterocycles. The third-order valence-electron chi connectivity index (χ3n) is 5.47. The van der Waals surface area contributed by atoms with E-state index in [1.807, 2.05) is 0 Å². The third-order valence-corrected chi connectivity index (χ3v) is 7.38. The highest BCUT2D eigenvalue weighted by Crippen LogP contribution is 2.43. The molecule has 1 aromatic rings. The lowest BCUT2D eigenvalue weighted by Crippen LogP contribution is -2.44. The Bertz CT molecular complexity index is 670. The first kappa shape index (κ1) is 17.8. The average Bonchev–Trinajstić information content (AvgIpc) is 2.84. The SMILES string of the molecule is COCC1CC2(CCN(S(=O)(=O)c3ccc(F)cc3)CC2)CN1C. The van der Waals surface area contributed by atoms with E-state index in [1.54, 1.807) is 7.11 Å². The van der Waals surface area contributed by atoms with Crippen molar-refractivity contribution >= 4 is 10.0 Å². The summed E-state index contributed by atoms with van der Waals surface area (Å²) in [5.41, 5.74) is 0.187. The van der Waals surface area contributed by atoms with Crippen molar-refractivity contribution in [3.05, 3.63) is 30.1 Å². The highest BCUT2D eigenvalue weighted by Gasteiger charge is 2.45. The summed E-state index contributed by atoms with van der Waals surface area (Å²) in [5.74, 6) is -0.426. The quantitative estimate of drug-likeness (QED) is 0.827. The van der Waals surface area contributed by atoms with Gasteiger partial charge in [-0.15, -0.1) is 0 Å². The van der Waals surface area contributed by atoms with Crippen LogP contribution in [0.2, 0.25) is 0 Å². The van der Waals surface area contributed by atoms with Crippen molar-refractivity contribution in [3.63, 3.8) is 0 Å². The summed E-state index contributed by atoms with van der Waals surface area (Å²) >= 11 is 0. The summed E-state index contributed by atoms with van der Waals surface area (Å²) < 4.78 is 45.3. The number of piperidine rings is 1. The van der Waals surface area contributed by atoms with Crippen LogP contribution in [-0.2, 0) is 14.8 Å². The standard InChI is InChI=1S/C17H25FN2O3S/c1-19-13-17(11-15(19)12-23-2)7-9-20(10-8-17)24(21,22)16-5-3-14(18)4-6-16/h3-6,15H,7-13H2,1-2H3. The minimum absolute atomic E-state index is 0.167. The molecule has 24 heavy (non-hydrogen) atoms. The summed E-state index contributed by atoms with van der Waals surface area (Å²) in [6.45, 7) is 2.75. The Kier molecular flexibility index (Phi) is 4.97. The van der Waals surface area contributed by atoms with Gasteiger partial charge >= 0.3 is 0 Å². The van der Waals surface area contributed by atoms with Crippen LogP contribution in [0.5, 0.6) is 0 Å². The van der Waals surface area contributed by atoms with Crippen molar-refractivity contribution in [1.29, 1.82) is 0 Å². The van der Waals surface area contributed by atoms with E-state index in [0.29, 0.717) is 19.1 Å². The second kappa shape index (κ2) is 6.71. The zero-order valence-corrected chi connectivity index (χ0v) is 15.1. The predicted octanol–water partition coefficient (Wildman–Crippen LogP) is 1.95. The molecular weight excluding hydrogens is 331 g/mol. The number of rotatable bonds is 4. The van der Waals surface area contributed by atoms with E-state index in [9.17, 15) is 12.8 Å². The molecule has 3 rings (SSSR count). The number of sulfonamides is 1. The molecule has 2 heterocycles. The number of methoxy groups -OCH3 is 1. The first-order valence-electron chi connectivity index (χ1n) is 8.31.